The van der Waals surface area contributed by atoms with Crippen molar-refractivity contribution in [2.24, 2.45) is 0 Å². The predicted molar refractivity (Wildman–Crippen MR) is 69.0 cm³/mol. The monoisotopic (exact) mass is 264 g/mol. The summed E-state index contributed by atoms with van der Waals surface area (Å²) < 4.78 is 16.6. The van der Waals surface area contributed by atoms with Crippen LogP contribution in [0.5, 0.6) is 0 Å². The molecular weight excluding hydrogens is 236 g/mol. The van der Waals surface area contributed by atoms with Gasteiger partial charge in [-0.1, -0.05) is 6.92 Å². The lowest BCUT2D eigenvalue weighted by Gasteiger charge is -2.31. The van der Waals surface area contributed by atoms with E-state index in [1.165, 1.54) is 0 Å². The molecule has 0 amide bonds. The van der Waals surface area contributed by atoms with Gasteiger partial charge in [-0.05, 0) is 33.6 Å². The molecule has 0 bridgehead atoms. The third kappa shape index (κ3) is 8.00. The molecule has 0 saturated heterocycles. The van der Waals surface area contributed by atoms with E-state index < -0.39 is 5.97 Å². The lowest BCUT2D eigenvalue weighted by molar-refractivity contribution is -0.377. The predicted octanol–water partition coefficient (Wildman–Crippen LogP) is 2.89. The zero-order valence-corrected chi connectivity index (χ0v) is 12.4. The second kappa shape index (κ2) is 10.7. The van der Waals surface area contributed by atoms with Crippen LogP contribution in [0, 0.1) is 0 Å². The molecule has 5 nitrogen and oxygen atoms in total. The van der Waals surface area contributed by atoms with Crippen molar-refractivity contribution >= 4 is 0 Å². The van der Waals surface area contributed by atoms with Gasteiger partial charge >= 0.3 is 0 Å². The summed E-state index contributed by atoms with van der Waals surface area (Å²) in [7, 11) is 1.59. The Morgan fingerprint density at radius 3 is 2.28 bits per heavy atom. The smallest absolute Gasteiger partial charge is 0.282 e. The van der Waals surface area contributed by atoms with Crippen LogP contribution < -0.4 is 0 Å². The Kier molecular flexibility index (Phi) is 10.6. The summed E-state index contributed by atoms with van der Waals surface area (Å²) in [5.74, 6) is -0.952. The lowest BCUT2D eigenvalue weighted by Crippen LogP contribution is -2.39. The summed E-state index contributed by atoms with van der Waals surface area (Å²) in [6, 6.07) is 0. The zero-order valence-electron chi connectivity index (χ0n) is 12.4. The van der Waals surface area contributed by atoms with Gasteiger partial charge in [-0.2, -0.15) is 0 Å². The van der Waals surface area contributed by atoms with Crippen molar-refractivity contribution in [3.63, 3.8) is 0 Å². The van der Waals surface area contributed by atoms with Crippen LogP contribution in [0.2, 0.25) is 0 Å². The van der Waals surface area contributed by atoms with Gasteiger partial charge in [-0.25, -0.2) is 9.78 Å². The van der Waals surface area contributed by atoms with E-state index in [4.69, 9.17) is 24.0 Å². The molecule has 0 radical (unpaired) electrons. The number of methoxy groups -OCH3 is 1. The summed E-state index contributed by atoms with van der Waals surface area (Å²) in [6.45, 7) is 9.45. The summed E-state index contributed by atoms with van der Waals surface area (Å²) in [4.78, 5) is 10.1. The molecule has 0 spiro atoms. The highest BCUT2D eigenvalue weighted by molar-refractivity contribution is 4.57. The van der Waals surface area contributed by atoms with Crippen molar-refractivity contribution in [2.45, 2.75) is 59.0 Å². The third-order valence-corrected chi connectivity index (χ3v) is 2.17. The van der Waals surface area contributed by atoms with Gasteiger partial charge in [0.15, 0.2) is 0 Å². The van der Waals surface area contributed by atoms with Crippen molar-refractivity contribution in [3.05, 3.63) is 0 Å². The Morgan fingerprint density at radius 2 is 1.78 bits per heavy atom. The van der Waals surface area contributed by atoms with Crippen molar-refractivity contribution in [1.82, 2.24) is 0 Å². The molecule has 1 unspecified atom stereocenters. The van der Waals surface area contributed by atoms with E-state index in [0.717, 1.165) is 12.8 Å². The molecule has 1 atom stereocenters. The molecule has 0 aliphatic heterocycles. The first-order chi connectivity index (χ1) is 8.60. The summed E-state index contributed by atoms with van der Waals surface area (Å²) in [5.41, 5.74) is 0. The highest BCUT2D eigenvalue weighted by Crippen LogP contribution is 2.21. The Bertz CT molecular complexity index is 186. The molecule has 0 aromatic heterocycles. The van der Waals surface area contributed by atoms with E-state index in [2.05, 4.69) is 0 Å². The summed E-state index contributed by atoms with van der Waals surface area (Å²) >= 11 is 0. The van der Waals surface area contributed by atoms with Gasteiger partial charge in [0.2, 0.25) is 0 Å². The number of rotatable bonds is 12. The van der Waals surface area contributed by atoms with Crippen LogP contribution in [0.4, 0.5) is 0 Å². The molecule has 0 aliphatic carbocycles. The largest absolute Gasteiger partial charge is 0.331 e. The SMILES string of the molecule is CCCOC(CCCOOC(C)C)(OC)OCC. The van der Waals surface area contributed by atoms with Gasteiger partial charge in [0.1, 0.15) is 0 Å². The Morgan fingerprint density at radius 1 is 1.06 bits per heavy atom. The van der Waals surface area contributed by atoms with Gasteiger partial charge < -0.3 is 14.2 Å². The quantitative estimate of drug-likeness (QED) is 0.235. The van der Waals surface area contributed by atoms with Crippen LogP contribution in [0.25, 0.3) is 0 Å². The molecule has 0 aromatic carbocycles. The minimum Gasteiger partial charge on any atom is -0.331 e. The third-order valence-electron chi connectivity index (χ3n) is 2.17. The summed E-state index contributed by atoms with van der Waals surface area (Å²) in [5, 5.41) is 0. The van der Waals surface area contributed by atoms with Gasteiger partial charge in [0.25, 0.3) is 5.97 Å². The Balaban J connectivity index is 3.98. The lowest BCUT2D eigenvalue weighted by atomic mass is 10.3. The van der Waals surface area contributed by atoms with E-state index in [-0.39, 0.29) is 6.10 Å². The molecule has 18 heavy (non-hydrogen) atoms. The maximum absolute atomic E-state index is 5.66. The normalized spacial score (nSPS) is 15.0. The minimum atomic E-state index is -0.952. The summed E-state index contributed by atoms with van der Waals surface area (Å²) in [6.07, 6.45) is 2.34. The van der Waals surface area contributed by atoms with E-state index in [1.807, 2.05) is 27.7 Å². The first-order valence-corrected chi connectivity index (χ1v) is 6.71. The highest BCUT2D eigenvalue weighted by atomic mass is 17.2. The molecule has 0 fully saturated rings. The van der Waals surface area contributed by atoms with E-state index in [1.54, 1.807) is 7.11 Å². The van der Waals surface area contributed by atoms with Gasteiger partial charge in [0, 0.05) is 20.1 Å². The van der Waals surface area contributed by atoms with Crippen LogP contribution in [0.1, 0.15) is 47.0 Å². The first kappa shape index (κ1) is 17.8. The zero-order chi connectivity index (χ0) is 13.9. The van der Waals surface area contributed by atoms with Gasteiger partial charge in [-0.3, -0.25) is 0 Å². The molecule has 5 heteroatoms. The molecule has 0 aromatic rings. The molecule has 0 aliphatic rings. The molecule has 0 rings (SSSR count). The second-order valence-corrected chi connectivity index (χ2v) is 4.24. The first-order valence-electron chi connectivity index (χ1n) is 6.71. The van der Waals surface area contributed by atoms with Crippen molar-refractivity contribution < 1.29 is 24.0 Å². The second-order valence-electron chi connectivity index (χ2n) is 4.24. The molecule has 110 valence electrons. The van der Waals surface area contributed by atoms with E-state index in [0.29, 0.717) is 26.2 Å². The fourth-order valence-electron chi connectivity index (χ4n) is 1.42. The maximum Gasteiger partial charge on any atom is 0.282 e. The highest BCUT2D eigenvalue weighted by Gasteiger charge is 2.31. The van der Waals surface area contributed by atoms with Crippen molar-refractivity contribution in [1.29, 1.82) is 0 Å². The standard InChI is InChI=1S/C13H28O5/c1-6-10-16-13(14-5,15-7-2)9-8-11-17-18-12(3)4/h12H,6-11H2,1-5H3. The molecule has 0 saturated carbocycles. The van der Waals surface area contributed by atoms with Crippen molar-refractivity contribution in [2.75, 3.05) is 26.9 Å². The van der Waals surface area contributed by atoms with Gasteiger partial charge in [-0.15, -0.1) is 0 Å². The van der Waals surface area contributed by atoms with Gasteiger partial charge in [0.05, 0.1) is 19.3 Å². The van der Waals surface area contributed by atoms with E-state index in [9.17, 15) is 0 Å². The molecular formula is C13H28O5. The van der Waals surface area contributed by atoms with Crippen molar-refractivity contribution in [3.8, 4) is 0 Å². The van der Waals surface area contributed by atoms with Crippen LogP contribution in [-0.4, -0.2) is 39.0 Å². The Labute approximate surface area is 111 Å². The van der Waals surface area contributed by atoms with E-state index >= 15 is 0 Å². The molecule has 0 heterocycles. The van der Waals surface area contributed by atoms with Crippen LogP contribution in [0.15, 0.2) is 0 Å². The molecule has 0 N–H and O–H groups in total. The number of hydrogen-bond donors (Lipinski definition) is 0. The fourth-order valence-corrected chi connectivity index (χ4v) is 1.42. The minimum absolute atomic E-state index is 0.0698. The van der Waals surface area contributed by atoms with Crippen LogP contribution >= 0.6 is 0 Å². The Hall–Kier alpha value is -0.200. The fraction of sp³-hybridized carbons (Fsp3) is 1.00. The number of ether oxygens (including phenoxy) is 3. The average molecular weight is 264 g/mol. The average Bonchev–Trinajstić information content (AvgIpc) is 2.35. The van der Waals surface area contributed by atoms with Crippen LogP contribution in [0.3, 0.4) is 0 Å². The number of hydrogen-bond acceptors (Lipinski definition) is 5. The maximum atomic E-state index is 5.66. The van der Waals surface area contributed by atoms with Crippen LogP contribution in [-0.2, 0) is 24.0 Å². The topological polar surface area (TPSA) is 46.2 Å².